The number of nitrogens with one attached hydrogen (secondary N) is 2. The summed E-state index contributed by atoms with van der Waals surface area (Å²) in [5, 5.41) is 0.701. The van der Waals surface area contributed by atoms with Crippen LogP contribution in [0.25, 0.3) is 0 Å². The minimum atomic E-state index is -0.360. The molecule has 2 amide bonds. The molecule has 0 aromatic heterocycles. The van der Waals surface area contributed by atoms with Crippen molar-refractivity contribution in [3.05, 3.63) is 64.2 Å². The number of hydrazine groups is 1. The van der Waals surface area contributed by atoms with Gasteiger partial charge < -0.3 is 9.47 Å². The van der Waals surface area contributed by atoms with Crippen molar-refractivity contribution in [1.82, 2.24) is 10.9 Å². The standard InChI is InChI=1S/C21H23ClN2O4/c1-14-12-18(6-7-19(14)22)28-13-15-2-4-16(5-3-15)20(25)23-24-21(26)17-8-10-27-11-9-17/h2-7,12,17H,8-11,13H2,1H3,(H,23,25)(H,24,26). The molecule has 1 saturated heterocycles. The topological polar surface area (TPSA) is 76.7 Å². The van der Waals surface area contributed by atoms with Gasteiger partial charge in [-0.2, -0.15) is 0 Å². The molecule has 2 N–H and O–H groups in total. The summed E-state index contributed by atoms with van der Waals surface area (Å²) in [6.45, 7) is 3.45. The van der Waals surface area contributed by atoms with Gasteiger partial charge in [-0.15, -0.1) is 0 Å². The first-order valence-electron chi connectivity index (χ1n) is 9.19. The number of halogens is 1. The average Bonchev–Trinajstić information content (AvgIpc) is 2.73. The van der Waals surface area contributed by atoms with Crippen LogP contribution in [0.3, 0.4) is 0 Å². The molecule has 6 nitrogen and oxygen atoms in total. The molecule has 2 aromatic carbocycles. The number of carbonyl (C=O) groups excluding carboxylic acids is 2. The summed E-state index contributed by atoms with van der Waals surface area (Å²) in [4.78, 5) is 24.2. The summed E-state index contributed by atoms with van der Waals surface area (Å²) in [5.41, 5.74) is 7.29. The lowest BCUT2D eigenvalue weighted by Gasteiger charge is -2.21. The predicted octanol–water partition coefficient (Wildman–Crippen LogP) is 3.42. The lowest BCUT2D eigenvalue weighted by molar-refractivity contribution is -0.128. The van der Waals surface area contributed by atoms with E-state index < -0.39 is 0 Å². The third-order valence-electron chi connectivity index (χ3n) is 4.64. The van der Waals surface area contributed by atoms with Crippen LogP contribution in [0.2, 0.25) is 5.02 Å². The van der Waals surface area contributed by atoms with Gasteiger partial charge in [0, 0.05) is 29.7 Å². The van der Waals surface area contributed by atoms with E-state index in [9.17, 15) is 9.59 Å². The highest BCUT2D eigenvalue weighted by Gasteiger charge is 2.21. The summed E-state index contributed by atoms with van der Waals surface area (Å²) >= 11 is 6.01. The van der Waals surface area contributed by atoms with Crippen molar-refractivity contribution in [1.29, 1.82) is 0 Å². The van der Waals surface area contributed by atoms with Gasteiger partial charge in [-0.1, -0.05) is 23.7 Å². The molecule has 0 atom stereocenters. The Morgan fingerprint density at radius 2 is 1.82 bits per heavy atom. The van der Waals surface area contributed by atoms with Crippen LogP contribution in [-0.4, -0.2) is 25.0 Å². The van der Waals surface area contributed by atoms with Gasteiger partial charge in [0.15, 0.2) is 0 Å². The molecule has 7 heteroatoms. The number of hydrogen-bond acceptors (Lipinski definition) is 4. The molecule has 0 unspecified atom stereocenters. The Morgan fingerprint density at radius 1 is 1.11 bits per heavy atom. The van der Waals surface area contributed by atoms with E-state index in [1.54, 1.807) is 18.2 Å². The van der Waals surface area contributed by atoms with Crippen LogP contribution in [0.15, 0.2) is 42.5 Å². The van der Waals surface area contributed by atoms with Crippen LogP contribution in [0.5, 0.6) is 5.75 Å². The van der Waals surface area contributed by atoms with Crippen molar-refractivity contribution in [2.24, 2.45) is 5.92 Å². The third-order valence-corrected chi connectivity index (χ3v) is 5.07. The fraction of sp³-hybridized carbons (Fsp3) is 0.333. The second-order valence-corrected chi connectivity index (χ2v) is 7.13. The first kappa shape index (κ1) is 20.2. The summed E-state index contributed by atoms with van der Waals surface area (Å²) in [6, 6.07) is 12.5. The van der Waals surface area contributed by atoms with E-state index in [1.165, 1.54) is 0 Å². The fourth-order valence-electron chi connectivity index (χ4n) is 2.88. The zero-order valence-electron chi connectivity index (χ0n) is 15.7. The van der Waals surface area contributed by atoms with Crippen molar-refractivity contribution in [3.63, 3.8) is 0 Å². The van der Waals surface area contributed by atoms with Gasteiger partial charge in [-0.05, 0) is 61.2 Å². The smallest absolute Gasteiger partial charge is 0.269 e. The maximum absolute atomic E-state index is 12.2. The van der Waals surface area contributed by atoms with Gasteiger partial charge in [0.1, 0.15) is 12.4 Å². The van der Waals surface area contributed by atoms with Gasteiger partial charge >= 0.3 is 0 Å². The molecule has 148 valence electrons. The molecule has 0 bridgehead atoms. The van der Waals surface area contributed by atoms with E-state index in [0.29, 0.717) is 43.2 Å². The van der Waals surface area contributed by atoms with Crippen LogP contribution in [-0.2, 0) is 16.1 Å². The molecule has 0 aliphatic carbocycles. The van der Waals surface area contributed by atoms with E-state index in [-0.39, 0.29) is 17.7 Å². The minimum absolute atomic E-state index is 0.120. The second kappa shape index (κ2) is 9.57. The van der Waals surface area contributed by atoms with Gasteiger partial charge in [0.05, 0.1) is 0 Å². The Hall–Kier alpha value is -2.57. The zero-order chi connectivity index (χ0) is 19.9. The molecular formula is C21H23ClN2O4. The van der Waals surface area contributed by atoms with Gasteiger partial charge in [0.25, 0.3) is 5.91 Å². The largest absolute Gasteiger partial charge is 0.489 e. The Balaban J connectivity index is 1.48. The molecular weight excluding hydrogens is 380 g/mol. The molecule has 0 radical (unpaired) electrons. The van der Waals surface area contributed by atoms with Crippen molar-refractivity contribution < 1.29 is 19.1 Å². The lowest BCUT2D eigenvalue weighted by Crippen LogP contribution is -2.45. The fourth-order valence-corrected chi connectivity index (χ4v) is 3.00. The van der Waals surface area contributed by atoms with Crippen molar-refractivity contribution in [3.8, 4) is 5.75 Å². The van der Waals surface area contributed by atoms with Crippen molar-refractivity contribution in [2.75, 3.05) is 13.2 Å². The summed E-state index contributed by atoms with van der Waals surface area (Å²) in [7, 11) is 0. The maximum atomic E-state index is 12.2. The number of benzene rings is 2. The van der Waals surface area contributed by atoms with Crippen LogP contribution < -0.4 is 15.6 Å². The molecule has 28 heavy (non-hydrogen) atoms. The Kier molecular flexibility index (Phi) is 6.90. The SMILES string of the molecule is Cc1cc(OCc2ccc(C(=O)NNC(=O)C3CCOCC3)cc2)ccc1Cl. The molecule has 0 saturated carbocycles. The lowest BCUT2D eigenvalue weighted by atomic mass is 10.00. The molecule has 2 aromatic rings. The van der Waals surface area contributed by atoms with Crippen LogP contribution >= 0.6 is 11.6 Å². The van der Waals surface area contributed by atoms with E-state index >= 15 is 0 Å². The first-order chi connectivity index (χ1) is 13.5. The quantitative estimate of drug-likeness (QED) is 0.751. The van der Waals surface area contributed by atoms with Crippen LogP contribution in [0, 0.1) is 12.8 Å². The maximum Gasteiger partial charge on any atom is 0.269 e. The number of carbonyl (C=O) groups is 2. The molecule has 1 heterocycles. The number of ether oxygens (including phenoxy) is 2. The van der Waals surface area contributed by atoms with E-state index in [4.69, 9.17) is 21.1 Å². The summed E-state index contributed by atoms with van der Waals surface area (Å²) in [5.74, 6) is 0.0748. The number of aryl methyl sites for hydroxylation is 1. The number of amides is 2. The third kappa shape index (κ3) is 5.47. The minimum Gasteiger partial charge on any atom is -0.489 e. The highest BCUT2D eigenvalue weighted by molar-refractivity contribution is 6.31. The summed E-state index contributed by atoms with van der Waals surface area (Å²) < 4.78 is 11.0. The highest BCUT2D eigenvalue weighted by atomic mass is 35.5. The van der Waals surface area contributed by atoms with Crippen LogP contribution in [0.1, 0.15) is 34.3 Å². The second-order valence-electron chi connectivity index (χ2n) is 6.73. The molecule has 1 aliphatic heterocycles. The van der Waals surface area contributed by atoms with E-state index in [2.05, 4.69) is 10.9 Å². The average molecular weight is 403 g/mol. The van der Waals surface area contributed by atoms with Crippen molar-refractivity contribution >= 4 is 23.4 Å². The Labute approximate surface area is 169 Å². The predicted molar refractivity (Wildman–Crippen MR) is 106 cm³/mol. The van der Waals surface area contributed by atoms with E-state index in [0.717, 1.165) is 16.9 Å². The molecule has 1 aliphatic rings. The molecule has 0 spiro atoms. The molecule has 1 fully saturated rings. The highest BCUT2D eigenvalue weighted by Crippen LogP contribution is 2.22. The van der Waals surface area contributed by atoms with Crippen LogP contribution in [0.4, 0.5) is 0 Å². The number of hydrogen-bond donors (Lipinski definition) is 2. The molecule has 3 rings (SSSR count). The van der Waals surface area contributed by atoms with Crippen molar-refractivity contribution in [2.45, 2.75) is 26.4 Å². The monoisotopic (exact) mass is 402 g/mol. The Bertz CT molecular complexity index is 833. The first-order valence-corrected chi connectivity index (χ1v) is 9.56. The van der Waals surface area contributed by atoms with E-state index in [1.807, 2.05) is 31.2 Å². The van der Waals surface area contributed by atoms with Gasteiger partial charge in [-0.3, -0.25) is 20.4 Å². The number of rotatable bonds is 5. The Morgan fingerprint density at radius 3 is 2.50 bits per heavy atom. The zero-order valence-corrected chi connectivity index (χ0v) is 16.4. The van der Waals surface area contributed by atoms with Gasteiger partial charge in [0.2, 0.25) is 5.91 Å². The van der Waals surface area contributed by atoms with Gasteiger partial charge in [-0.25, -0.2) is 0 Å². The normalized spacial score (nSPS) is 14.4. The summed E-state index contributed by atoms with van der Waals surface area (Å²) in [6.07, 6.45) is 1.34.